The molecule has 0 radical (unpaired) electrons. The van der Waals surface area contributed by atoms with E-state index in [2.05, 4.69) is 22.1 Å². The van der Waals surface area contributed by atoms with Gasteiger partial charge in [0.2, 0.25) is 0 Å². The first kappa shape index (κ1) is 16.6. The molecule has 0 atom stereocenters. The summed E-state index contributed by atoms with van der Waals surface area (Å²) in [5.74, 6) is 0. The number of H-pyrrole nitrogens is 1. The van der Waals surface area contributed by atoms with Crippen molar-refractivity contribution in [3.8, 4) is 5.69 Å². The zero-order valence-electron chi connectivity index (χ0n) is 14.6. The quantitative estimate of drug-likeness (QED) is 0.520. The molecule has 0 bridgehead atoms. The third kappa shape index (κ3) is 2.85. The summed E-state index contributed by atoms with van der Waals surface area (Å²) in [6.45, 7) is 0. The third-order valence-electron chi connectivity index (χ3n) is 5.11. The topological polar surface area (TPSA) is 50.7 Å². The maximum absolute atomic E-state index is 13.2. The van der Waals surface area contributed by atoms with Crippen molar-refractivity contribution in [3.63, 3.8) is 0 Å². The summed E-state index contributed by atoms with van der Waals surface area (Å²) in [6.07, 6.45) is 7.63. The van der Waals surface area contributed by atoms with Crippen molar-refractivity contribution in [1.82, 2.24) is 14.5 Å². The molecule has 0 aliphatic heterocycles. The van der Waals surface area contributed by atoms with Gasteiger partial charge in [-0.25, -0.2) is 0 Å². The fraction of sp³-hybridized carbons (Fsp3) is 0.190. The Balaban J connectivity index is 1.57. The Labute approximate surface area is 165 Å². The van der Waals surface area contributed by atoms with Crippen molar-refractivity contribution >= 4 is 33.8 Å². The average molecular weight is 392 g/mol. The first-order valence-corrected chi connectivity index (χ1v) is 10.2. The molecule has 1 aromatic carbocycles. The van der Waals surface area contributed by atoms with Gasteiger partial charge in [0.05, 0.1) is 11.1 Å². The first-order valence-electron chi connectivity index (χ1n) is 8.98. The standard InChI is InChI=1S/C21H17N3OS2/c25-20-18-16-2-1-3-17(16)27-19(18)23-21(26)24(20)15-6-4-13(5-7-15)12-14-8-10-22-11-9-14/h4-11H,1-3,12H2,(H,23,26). The second-order valence-corrected chi connectivity index (χ2v) is 8.32. The number of aromatic nitrogens is 3. The summed E-state index contributed by atoms with van der Waals surface area (Å²) in [4.78, 5) is 22.8. The van der Waals surface area contributed by atoms with Crippen molar-refractivity contribution in [2.75, 3.05) is 0 Å². The number of fused-ring (bicyclic) bond motifs is 3. The largest absolute Gasteiger partial charge is 0.323 e. The number of aromatic amines is 1. The zero-order chi connectivity index (χ0) is 18.4. The van der Waals surface area contributed by atoms with E-state index >= 15 is 0 Å². The van der Waals surface area contributed by atoms with Gasteiger partial charge in [0, 0.05) is 17.3 Å². The Bertz CT molecular complexity index is 1250. The molecule has 0 saturated carbocycles. The molecule has 134 valence electrons. The number of hydrogen-bond acceptors (Lipinski definition) is 4. The molecule has 1 aliphatic carbocycles. The molecule has 6 heteroatoms. The lowest BCUT2D eigenvalue weighted by Gasteiger charge is -2.08. The van der Waals surface area contributed by atoms with E-state index in [0.29, 0.717) is 4.77 Å². The molecular weight excluding hydrogens is 374 g/mol. The van der Waals surface area contributed by atoms with Gasteiger partial charge in [0.1, 0.15) is 4.83 Å². The Kier molecular flexibility index (Phi) is 4.02. The molecule has 0 saturated heterocycles. The van der Waals surface area contributed by atoms with E-state index in [-0.39, 0.29) is 5.56 Å². The molecule has 0 fully saturated rings. The summed E-state index contributed by atoms with van der Waals surface area (Å²) in [6, 6.07) is 12.1. The minimum Gasteiger partial charge on any atom is -0.323 e. The van der Waals surface area contributed by atoms with E-state index in [0.717, 1.165) is 41.6 Å². The maximum atomic E-state index is 13.2. The van der Waals surface area contributed by atoms with Crippen molar-refractivity contribution in [2.45, 2.75) is 25.7 Å². The minimum atomic E-state index is -0.00460. The Morgan fingerprint density at radius 3 is 2.59 bits per heavy atom. The molecule has 0 spiro atoms. The Hall–Kier alpha value is -2.57. The van der Waals surface area contributed by atoms with Crippen LogP contribution in [-0.2, 0) is 19.3 Å². The average Bonchev–Trinajstić information content (AvgIpc) is 3.24. The number of nitrogens with zero attached hydrogens (tertiary/aromatic N) is 2. The van der Waals surface area contributed by atoms with Gasteiger partial charge in [-0.2, -0.15) is 0 Å². The highest BCUT2D eigenvalue weighted by Gasteiger charge is 2.21. The normalized spacial score (nSPS) is 13.2. The number of hydrogen-bond donors (Lipinski definition) is 1. The zero-order valence-corrected chi connectivity index (χ0v) is 16.2. The van der Waals surface area contributed by atoms with Gasteiger partial charge >= 0.3 is 0 Å². The van der Waals surface area contributed by atoms with Crippen LogP contribution < -0.4 is 5.56 Å². The van der Waals surface area contributed by atoms with Crippen molar-refractivity contribution in [3.05, 3.63) is 85.5 Å². The molecule has 27 heavy (non-hydrogen) atoms. The van der Waals surface area contributed by atoms with Gasteiger partial charge in [0.25, 0.3) is 5.56 Å². The number of rotatable bonds is 3. The summed E-state index contributed by atoms with van der Waals surface area (Å²) < 4.78 is 2.08. The summed E-state index contributed by atoms with van der Waals surface area (Å²) in [7, 11) is 0. The number of aryl methyl sites for hydroxylation is 2. The minimum absolute atomic E-state index is 0.00460. The maximum Gasteiger partial charge on any atom is 0.267 e. The smallest absolute Gasteiger partial charge is 0.267 e. The highest BCUT2D eigenvalue weighted by Crippen LogP contribution is 2.34. The molecule has 3 aromatic heterocycles. The van der Waals surface area contributed by atoms with Crippen LogP contribution in [0.15, 0.2) is 53.6 Å². The van der Waals surface area contributed by atoms with Gasteiger partial charge in [-0.3, -0.25) is 14.3 Å². The Morgan fingerprint density at radius 2 is 1.81 bits per heavy atom. The van der Waals surface area contributed by atoms with Crippen molar-refractivity contribution in [1.29, 1.82) is 0 Å². The molecule has 1 aliphatic rings. The number of pyridine rings is 1. The van der Waals surface area contributed by atoms with Crippen LogP contribution in [0.2, 0.25) is 0 Å². The van der Waals surface area contributed by atoms with E-state index in [1.54, 1.807) is 28.3 Å². The lowest BCUT2D eigenvalue weighted by atomic mass is 10.1. The van der Waals surface area contributed by atoms with Crippen molar-refractivity contribution in [2.24, 2.45) is 0 Å². The highest BCUT2D eigenvalue weighted by molar-refractivity contribution is 7.71. The lowest BCUT2D eigenvalue weighted by Crippen LogP contribution is -2.20. The van der Waals surface area contributed by atoms with Crippen LogP contribution >= 0.6 is 23.6 Å². The predicted molar refractivity (Wildman–Crippen MR) is 112 cm³/mol. The fourth-order valence-corrected chi connectivity index (χ4v) is 5.44. The molecule has 3 heterocycles. The van der Waals surface area contributed by atoms with Gasteiger partial charge in [0.15, 0.2) is 4.77 Å². The summed E-state index contributed by atoms with van der Waals surface area (Å²) in [5, 5.41) is 0.821. The van der Waals surface area contributed by atoms with Crippen LogP contribution in [0.5, 0.6) is 0 Å². The fourth-order valence-electron chi connectivity index (χ4n) is 3.81. The third-order valence-corrected chi connectivity index (χ3v) is 6.61. The van der Waals surface area contributed by atoms with Crippen LogP contribution in [0.4, 0.5) is 0 Å². The molecule has 4 aromatic rings. The van der Waals surface area contributed by atoms with Gasteiger partial charge < -0.3 is 4.98 Å². The molecular formula is C21H17N3OS2. The van der Waals surface area contributed by atoms with Crippen LogP contribution in [0.1, 0.15) is 28.0 Å². The molecule has 4 nitrogen and oxygen atoms in total. The predicted octanol–water partition coefficient (Wildman–Crippen LogP) is 4.58. The monoisotopic (exact) mass is 391 g/mol. The SMILES string of the molecule is O=c1c2c3c(sc2[nH]c(=S)n1-c1ccc(Cc2ccncc2)cc1)CCC3. The highest BCUT2D eigenvalue weighted by atomic mass is 32.1. The van der Waals surface area contributed by atoms with Crippen LogP contribution in [-0.4, -0.2) is 14.5 Å². The first-order chi connectivity index (χ1) is 13.2. The number of thiophene rings is 1. The molecule has 0 unspecified atom stereocenters. The molecule has 5 rings (SSSR count). The van der Waals surface area contributed by atoms with E-state index in [1.165, 1.54) is 21.6 Å². The second kappa shape index (κ2) is 6.55. The van der Waals surface area contributed by atoms with E-state index < -0.39 is 0 Å². The Morgan fingerprint density at radius 1 is 1.07 bits per heavy atom. The summed E-state index contributed by atoms with van der Waals surface area (Å²) in [5.41, 5.74) is 4.41. The summed E-state index contributed by atoms with van der Waals surface area (Å²) >= 11 is 7.18. The van der Waals surface area contributed by atoms with Crippen LogP contribution in [0, 0.1) is 4.77 Å². The van der Waals surface area contributed by atoms with E-state index in [1.807, 2.05) is 24.3 Å². The van der Waals surface area contributed by atoms with Crippen LogP contribution in [0.25, 0.3) is 15.9 Å². The van der Waals surface area contributed by atoms with E-state index in [4.69, 9.17) is 12.2 Å². The molecule has 1 N–H and O–H groups in total. The number of nitrogens with one attached hydrogen (secondary N) is 1. The lowest BCUT2D eigenvalue weighted by molar-refractivity contribution is 0.910. The van der Waals surface area contributed by atoms with E-state index in [9.17, 15) is 4.79 Å². The molecule has 0 amide bonds. The second-order valence-electron chi connectivity index (χ2n) is 6.83. The van der Waals surface area contributed by atoms with Gasteiger partial charge in [-0.1, -0.05) is 12.1 Å². The van der Waals surface area contributed by atoms with Crippen LogP contribution in [0.3, 0.4) is 0 Å². The number of benzene rings is 1. The van der Waals surface area contributed by atoms with Crippen molar-refractivity contribution < 1.29 is 0 Å². The van der Waals surface area contributed by atoms with Gasteiger partial charge in [-0.05, 0) is 78.9 Å². The van der Waals surface area contributed by atoms with Gasteiger partial charge in [-0.15, -0.1) is 11.3 Å².